The Morgan fingerprint density at radius 1 is 1.16 bits per heavy atom. The van der Waals surface area contributed by atoms with Crippen LogP contribution in [0.1, 0.15) is 53.9 Å². The Morgan fingerprint density at radius 2 is 1.94 bits per heavy atom. The smallest absolute Gasteiger partial charge is 0.265 e. The second-order valence-corrected chi connectivity index (χ2v) is 10.3. The predicted molar refractivity (Wildman–Crippen MR) is 126 cm³/mol. The van der Waals surface area contributed by atoms with E-state index in [0.717, 1.165) is 44.5 Å². The van der Waals surface area contributed by atoms with E-state index in [-0.39, 0.29) is 11.8 Å². The van der Waals surface area contributed by atoms with E-state index in [1.54, 1.807) is 11.6 Å². The zero-order valence-electron chi connectivity index (χ0n) is 18.5. The Bertz CT molecular complexity index is 959. The molecule has 0 spiro atoms. The number of likely N-dealkylation sites (tertiary alicyclic amines) is 2. The highest BCUT2D eigenvalue weighted by Gasteiger charge is 2.41. The molecule has 0 N–H and O–H groups in total. The van der Waals surface area contributed by atoms with E-state index in [2.05, 4.69) is 4.98 Å². The monoisotopic (exact) mass is 475 g/mol. The molecule has 2 saturated heterocycles. The van der Waals surface area contributed by atoms with Crippen molar-refractivity contribution in [2.75, 3.05) is 32.8 Å². The first-order valence-electron chi connectivity index (χ1n) is 11.3. The molecule has 1 atom stereocenters. The van der Waals surface area contributed by atoms with Crippen molar-refractivity contribution in [3.05, 3.63) is 45.4 Å². The van der Waals surface area contributed by atoms with Crippen LogP contribution < -0.4 is 4.74 Å². The maximum absolute atomic E-state index is 13.2. The first-order valence-corrected chi connectivity index (χ1v) is 12.6. The molecule has 6 nitrogen and oxygen atoms in total. The lowest BCUT2D eigenvalue weighted by atomic mass is 9.77. The number of hydrogen-bond acceptors (Lipinski definition) is 5. The van der Waals surface area contributed by atoms with Crippen LogP contribution in [0, 0.1) is 12.3 Å². The summed E-state index contributed by atoms with van der Waals surface area (Å²) in [4.78, 5) is 35.2. The Morgan fingerprint density at radius 3 is 2.66 bits per heavy atom. The van der Waals surface area contributed by atoms with Crippen molar-refractivity contribution in [3.8, 4) is 5.75 Å². The van der Waals surface area contributed by atoms with E-state index < -0.39 is 5.41 Å². The molecule has 172 valence electrons. The molecule has 1 aromatic carbocycles. The summed E-state index contributed by atoms with van der Waals surface area (Å²) in [6.45, 7) is 5.08. The number of aryl methyl sites for hydroxylation is 1. The van der Waals surface area contributed by atoms with Crippen LogP contribution in [0.2, 0.25) is 5.02 Å². The molecule has 2 aromatic rings. The molecule has 0 radical (unpaired) electrons. The third-order valence-corrected chi connectivity index (χ3v) is 7.62. The molecule has 4 rings (SSSR count). The number of benzene rings is 1. The van der Waals surface area contributed by atoms with Gasteiger partial charge in [0, 0.05) is 43.0 Å². The summed E-state index contributed by atoms with van der Waals surface area (Å²) >= 11 is 7.50. The van der Waals surface area contributed by atoms with Gasteiger partial charge in [0.2, 0.25) is 5.91 Å². The van der Waals surface area contributed by atoms with Gasteiger partial charge in [-0.3, -0.25) is 9.59 Å². The fraction of sp³-hybridized carbons (Fsp3) is 0.542. The third kappa shape index (κ3) is 5.44. The minimum absolute atomic E-state index is 0.00209. The summed E-state index contributed by atoms with van der Waals surface area (Å²) in [5.74, 6) is 0.856. The minimum Gasteiger partial charge on any atom is -0.493 e. The molecule has 0 saturated carbocycles. The average Bonchev–Trinajstić information content (AvgIpc) is 3.24. The van der Waals surface area contributed by atoms with Crippen LogP contribution in [0.3, 0.4) is 0 Å². The molecule has 2 fully saturated rings. The number of rotatable bonds is 6. The van der Waals surface area contributed by atoms with Crippen molar-refractivity contribution < 1.29 is 14.3 Å². The molecule has 1 aromatic heterocycles. The van der Waals surface area contributed by atoms with Crippen molar-refractivity contribution in [2.45, 2.75) is 45.4 Å². The van der Waals surface area contributed by atoms with E-state index in [0.29, 0.717) is 41.8 Å². The normalized spacial score (nSPS) is 21.4. The molecule has 0 unspecified atom stereocenters. The maximum atomic E-state index is 13.2. The molecule has 3 heterocycles. The van der Waals surface area contributed by atoms with Gasteiger partial charge in [0.05, 0.1) is 17.8 Å². The first-order chi connectivity index (χ1) is 15.5. The lowest BCUT2D eigenvalue weighted by Crippen LogP contribution is -2.51. The van der Waals surface area contributed by atoms with Crippen molar-refractivity contribution in [2.24, 2.45) is 5.41 Å². The van der Waals surface area contributed by atoms with Gasteiger partial charge in [-0.15, -0.1) is 11.3 Å². The standard InChI is InChI=1S/C24H30ClN3O3S/c1-18-22(32-17-26-18)23(30)28-12-6-9-24(15-28,14-21(29)27-10-3-2-4-11-27)16-31-20-8-5-7-19(25)13-20/h5,7-8,13,17H,2-4,6,9-12,14-16H2,1H3/t24-/m0/s1. The molecule has 2 aliphatic rings. The largest absolute Gasteiger partial charge is 0.493 e. The minimum atomic E-state index is -0.427. The van der Waals surface area contributed by atoms with Crippen LogP contribution in [-0.2, 0) is 4.79 Å². The number of amides is 2. The van der Waals surface area contributed by atoms with Crippen LogP contribution in [0.25, 0.3) is 0 Å². The van der Waals surface area contributed by atoms with Gasteiger partial charge in [-0.05, 0) is 57.2 Å². The molecule has 8 heteroatoms. The second kappa shape index (κ2) is 10.2. The molecular weight excluding hydrogens is 446 g/mol. The predicted octanol–water partition coefficient (Wildman–Crippen LogP) is 4.81. The summed E-state index contributed by atoms with van der Waals surface area (Å²) < 4.78 is 6.16. The number of piperidine rings is 2. The van der Waals surface area contributed by atoms with Crippen LogP contribution >= 0.6 is 22.9 Å². The lowest BCUT2D eigenvalue weighted by molar-refractivity contribution is -0.136. The average molecular weight is 476 g/mol. The topological polar surface area (TPSA) is 62.7 Å². The van der Waals surface area contributed by atoms with Crippen LogP contribution in [0.5, 0.6) is 5.75 Å². The maximum Gasteiger partial charge on any atom is 0.265 e. The van der Waals surface area contributed by atoms with Gasteiger partial charge in [-0.1, -0.05) is 17.7 Å². The number of carbonyl (C=O) groups excluding carboxylic acids is 2. The number of nitrogens with zero attached hydrogens (tertiary/aromatic N) is 3. The number of aromatic nitrogens is 1. The first kappa shape index (κ1) is 23.1. The fourth-order valence-corrected chi connectivity index (χ4v) is 5.66. The molecule has 0 aliphatic carbocycles. The molecule has 2 aliphatic heterocycles. The van der Waals surface area contributed by atoms with Gasteiger partial charge in [0.25, 0.3) is 5.91 Å². The quantitative estimate of drug-likeness (QED) is 0.601. The lowest BCUT2D eigenvalue weighted by Gasteiger charge is -2.43. The van der Waals surface area contributed by atoms with Gasteiger partial charge in [0.1, 0.15) is 10.6 Å². The number of thiazole rings is 1. The van der Waals surface area contributed by atoms with Gasteiger partial charge in [-0.2, -0.15) is 0 Å². The van der Waals surface area contributed by atoms with Gasteiger partial charge in [-0.25, -0.2) is 4.98 Å². The summed E-state index contributed by atoms with van der Waals surface area (Å²) in [7, 11) is 0. The van der Waals surface area contributed by atoms with E-state index >= 15 is 0 Å². The Hall–Kier alpha value is -2.12. The third-order valence-electron chi connectivity index (χ3n) is 6.46. The highest BCUT2D eigenvalue weighted by Crippen LogP contribution is 2.37. The number of hydrogen-bond donors (Lipinski definition) is 0. The Kier molecular flexibility index (Phi) is 7.36. The van der Waals surface area contributed by atoms with Crippen LogP contribution in [-0.4, -0.2) is 59.4 Å². The van der Waals surface area contributed by atoms with Crippen molar-refractivity contribution in [1.29, 1.82) is 0 Å². The van der Waals surface area contributed by atoms with E-state index in [9.17, 15) is 9.59 Å². The van der Waals surface area contributed by atoms with E-state index in [1.165, 1.54) is 17.8 Å². The molecule has 32 heavy (non-hydrogen) atoms. The molecular formula is C24H30ClN3O3S. The molecule has 2 amide bonds. The highest BCUT2D eigenvalue weighted by atomic mass is 35.5. The summed E-state index contributed by atoms with van der Waals surface area (Å²) in [5.41, 5.74) is 2.04. The summed E-state index contributed by atoms with van der Waals surface area (Å²) in [6.07, 6.45) is 5.39. The SMILES string of the molecule is Cc1ncsc1C(=O)N1CCC[C@](COc2cccc(Cl)c2)(CC(=O)N2CCCCC2)C1. The Balaban J connectivity index is 1.53. The van der Waals surface area contributed by atoms with Crippen LogP contribution in [0.15, 0.2) is 29.8 Å². The van der Waals surface area contributed by atoms with E-state index in [4.69, 9.17) is 16.3 Å². The summed E-state index contributed by atoms with van der Waals surface area (Å²) in [6, 6.07) is 7.32. The second-order valence-electron chi connectivity index (χ2n) is 8.96. The van der Waals surface area contributed by atoms with Crippen molar-refractivity contribution >= 4 is 34.8 Å². The Labute approximate surface area is 198 Å². The number of halogens is 1. The zero-order valence-corrected chi connectivity index (χ0v) is 20.1. The number of ether oxygens (including phenoxy) is 1. The summed E-state index contributed by atoms with van der Waals surface area (Å²) in [5, 5.41) is 0.613. The molecule has 0 bridgehead atoms. The van der Waals surface area contributed by atoms with E-state index in [1.807, 2.05) is 34.9 Å². The van der Waals surface area contributed by atoms with Crippen LogP contribution in [0.4, 0.5) is 0 Å². The van der Waals surface area contributed by atoms with Gasteiger partial charge < -0.3 is 14.5 Å². The van der Waals surface area contributed by atoms with Crippen molar-refractivity contribution in [1.82, 2.24) is 14.8 Å². The highest BCUT2D eigenvalue weighted by molar-refractivity contribution is 7.11. The van der Waals surface area contributed by atoms with Gasteiger partial charge in [0.15, 0.2) is 0 Å². The zero-order chi connectivity index (χ0) is 22.6. The number of carbonyl (C=O) groups is 2. The van der Waals surface area contributed by atoms with Gasteiger partial charge >= 0.3 is 0 Å². The van der Waals surface area contributed by atoms with Crippen molar-refractivity contribution in [3.63, 3.8) is 0 Å². The fourth-order valence-electron chi connectivity index (χ4n) is 4.71.